The molecule has 0 aliphatic heterocycles. The Kier molecular flexibility index (Phi) is 3.14. The van der Waals surface area contributed by atoms with E-state index in [0.29, 0.717) is 5.56 Å². The third-order valence-corrected chi connectivity index (χ3v) is 2.45. The molecule has 0 atom stereocenters. The van der Waals surface area contributed by atoms with Gasteiger partial charge in [-0.1, -0.05) is 23.8 Å². The number of nitrogens with zero attached hydrogens (tertiary/aromatic N) is 2. The van der Waals surface area contributed by atoms with E-state index in [1.165, 1.54) is 23.2 Å². The zero-order valence-electron chi connectivity index (χ0n) is 9.46. The SMILES string of the molecule is Cc1cccc(C(=O)Cn2cnccc2=O)c1. The first-order valence-corrected chi connectivity index (χ1v) is 5.27. The Morgan fingerprint density at radius 2 is 2.18 bits per heavy atom. The molecule has 1 aromatic heterocycles. The van der Waals surface area contributed by atoms with E-state index in [1.54, 1.807) is 6.07 Å². The van der Waals surface area contributed by atoms with Crippen LogP contribution in [-0.2, 0) is 6.54 Å². The van der Waals surface area contributed by atoms with Crippen LogP contribution in [0.2, 0.25) is 0 Å². The summed E-state index contributed by atoms with van der Waals surface area (Å²) in [5.74, 6) is -0.0937. The second kappa shape index (κ2) is 4.74. The summed E-state index contributed by atoms with van der Waals surface area (Å²) in [4.78, 5) is 27.2. The lowest BCUT2D eigenvalue weighted by Gasteiger charge is -2.04. The van der Waals surface area contributed by atoms with Gasteiger partial charge < -0.3 is 0 Å². The van der Waals surface area contributed by atoms with Crippen molar-refractivity contribution in [3.05, 3.63) is 64.3 Å². The van der Waals surface area contributed by atoms with Crippen LogP contribution in [0, 0.1) is 6.92 Å². The van der Waals surface area contributed by atoms with Crippen LogP contribution >= 0.6 is 0 Å². The van der Waals surface area contributed by atoms with Crippen molar-refractivity contribution in [3.8, 4) is 0 Å². The number of rotatable bonds is 3. The Bertz CT molecular complexity index is 602. The molecule has 17 heavy (non-hydrogen) atoms. The predicted octanol–water partition coefficient (Wildman–Crippen LogP) is 1.43. The highest BCUT2D eigenvalue weighted by molar-refractivity contribution is 5.96. The van der Waals surface area contributed by atoms with Gasteiger partial charge in [0.2, 0.25) is 0 Å². The standard InChI is InChI=1S/C13H12N2O2/c1-10-3-2-4-11(7-10)12(16)8-15-9-14-6-5-13(15)17/h2-7,9H,8H2,1H3. The van der Waals surface area contributed by atoms with Crippen molar-refractivity contribution in [2.75, 3.05) is 0 Å². The number of hydrogen-bond acceptors (Lipinski definition) is 3. The minimum Gasteiger partial charge on any atom is -0.292 e. The summed E-state index contributed by atoms with van der Waals surface area (Å²) in [7, 11) is 0. The quantitative estimate of drug-likeness (QED) is 0.747. The first-order chi connectivity index (χ1) is 8.16. The second-order valence-corrected chi connectivity index (χ2v) is 3.84. The van der Waals surface area contributed by atoms with E-state index in [4.69, 9.17) is 0 Å². The number of Topliss-reactive ketones (excluding diaryl/α,β-unsaturated/α-hetero) is 1. The largest absolute Gasteiger partial charge is 0.292 e. The summed E-state index contributed by atoms with van der Waals surface area (Å²) >= 11 is 0. The van der Waals surface area contributed by atoms with Gasteiger partial charge in [0.05, 0.1) is 12.9 Å². The van der Waals surface area contributed by atoms with Crippen molar-refractivity contribution in [1.29, 1.82) is 0 Å². The molecule has 0 aliphatic rings. The van der Waals surface area contributed by atoms with Gasteiger partial charge in [-0.3, -0.25) is 14.2 Å². The molecule has 0 N–H and O–H groups in total. The van der Waals surface area contributed by atoms with Crippen LogP contribution in [0.5, 0.6) is 0 Å². The maximum absolute atomic E-state index is 11.9. The fourth-order valence-electron chi connectivity index (χ4n) is 1.56. The summed E-state index contributed by atoms with van der Waals surface area (Å²) in [6.07, 6.45) is 2.78. The lowest BCUT2D eigenvalue weighted by molar-refractivity contribution is 0.0970. The zero-order chi connectivity index (χ0) is 12.3. The van der Waals surface area contributed by atoms with E-state index in [0.717, 1.165) is 5.56 Å². The molecule has 4 nitrogen and oxygen atoms in total. The van der Waals surface area contributed by atoms with Gasteiger partial charge in [0, 0.05) is 17.8 Å². The minimum atomic E-state index is -0.221. The molecule has 0 unspecified atom stereocenters. The highest BCUT2D eigenvalue weighted by Crippen LogP contribution is 2.05. The van der Waals surface area contributed by atoms with Gasteiger partial charge >= 0.3 is 0 Å². The van der Waals surface area contributed by atoms with Crippen molar-refractivity contribution in [3.63, 3.8) is 0 Å². The van der Waals surface area contributed by atoms with E-state index < -0.39 is 0 Å². The van der Waals surface area contributed by atoms with E-state index in [2.05, 4.69) is 4.98 Å². The number of ketones is 1. The van der Waals surface area contributed by atoms with Crippen LogP contribution in [0.25, 0.3) is 0 Å². The predicted molar refractivity (Wildman–Crippen MR) is 64.0 cm³/mol. The van der Waals surface area contributed by atoms with Gasteiger partial charge in [-0.15, -0.1) is 0 Å². The lowest BCUT2D eigenvalue weighted by atomic mass is 10.1. The number of aromatic nitrogens is 2. The van der Waals surface area contributed by atoms with Crippen LogP contribution in [0.4, 0.5) is 0 Å². The zero-order valence-corrected chi connectivity index (χ0v) is 9.46. The van der Waals surface area contributed by atoms with Crippen molar-refractivity contribution >= 4 is 5.78 Å². The average Bonchev–Trinajstić information content (AvgIpc) is 2.32. The van der Waals surface area contributed by atoms with Gasteiger partial charge in [0.25, 0.3) is 5.56 Å². The molecule has 0 aliphatic carbocycles. The molecule has 0 spiro atoms. The first kappa shape index (κ1) is 11.3. The van der Waals surface area contributed by atoms with Gasteiger partial charge in [0.1, 0.15) is 0 Å². The summed E-state index contributed by atoms with van der Waals surface area (Å²) in [5.41, 5.74) is 1.41. The molecular weight excluding hydrogens is 216 g/mol. The van der Waals surface area contributed by atoms with Crippen molar-refractivity contribution in [1.82, 2.24) is 9.55 Å². The fraction of sp³-hybridized carbons (Fsp3) is 0.154. The van der Waals surface area contributed by atoms with Crippen LogP contribution in [0.15, 0.2) is 47.7 Å². The molecule has 0 radical (unpaired) electrons. The molecule has 0 bridgehead atoms. The van der Waals surface area contributed by atoms with Gasteiger partial charge in [0.15, 0.2) is 5.78 Å². The Hall–Kier alpha value is -2.23. The van der Waals surface area contributed by atoms with E-state index >= 15 is 0 Å². The molecule has 1 heterocycles. The van der Waals surface area contributed by atoms with Gasteiger partial charge in [-0.2, -0.15) is 0 Å². The van der Waals surface area contributed by atoms with Crippen molar-refractivity contribution in [2.24, 2.45) is 0 Å². The molecule has 0 amide bonds. The monoisotopic (exact) mass is 228 g/mol. The first-order valence-electron chi connectivity index (χ1n) is 5.27. The van der Waals surface area contributed by atoms with Gasteiger partial charge in [-0.25, -0.2) is 4.98 Å². The smallest absolute Gasteiger partial charge is 0.253 e. The van der Waals surface area contributed by atoms with E-state index in [9.17, 15) is 9.59 Å². The molecule has 2 aromatic rings. The Labute approximate surface area is 98.6 Å². The normalized spacial score (nSPS) is 10.2. The van der Waals surface area contributed by atoms with Crippen LogP contribution < -0.4 is 5.56 Å². The maximum atomic E-state index is 11.9. The Morgan fingerprint density at radius 1 is 1.35 bits per heavy atom. The third kappa shape index (κ3) is 2.66. The Balaban J connectivity index is 2.23. The summed E-state index contributed by atoms with van der Waals surface area (Å²) in [6, 6.07) is 8.64. The Morgan fingerprint density at radius 3 is 2.88 bits per heavy atom. The highest BCUT2D eigenvalue weighted by Gasteiger charge is 2.07. The summed E-state index contributed by atoms with van der Waals surface area (Å²) < 4.78 is 1.30. The molecule has 1 aromatic carbocycles. The summed E-state index contributed by atoms with van der Waals surface area (Å²) in [5, 5.41) is 0. The number of aryl methyl sites for hydroxylation is 1. The average molecular weight is 228 g/mol. The molecule has 0 saturated heterocycles. The fourth-order valence-corrected chi connectivity index (χ4v) is 1.56. The minimum absolute atomic E-state index is 0.0239. The lowest BCUT2D eigenvalue weighted by Crippen LogP contribution is -2.23. The number of hydrogen-bond donors (Lipinski definition) is 0. The third-order valence-electron chi connectivity index (χ3n) is 2.45. The number of carbonyl (C=O) groups is 1. The van der Waals surface area contributed by atoms with Crippen molar-refractivity contribution < 1.29 is 4.79 Å². The molecule has 2 rings (SSSR count). The van der Waals surface area contributed by atoms with E-state index in [-0.39, 0.29) is 17.9 Å². The topological polar surface area (TPSA) is 52.0 Å². The van der Waals surface area contributed by atoms with Crippen LogP contribution in [-0.4, -0.2) is 15.3 Å². The maximum Gasteiger partial charge on any atom is 0.253 e. The van der Waals surface area contributed by atoms with Gasteiger partial charge in [-0.05, 0) is 13.0 Å². The van der Waals surface area contributed by atoms with Crippen molar-refractivity contribution in [2.45, 2.75) is 13.5 Å². The molecule has 0 fully saturated rings. The van der Waals surface area contributed by atoms with Crippen LogP contribution in [0.1, 0.15) is 15.9 Å². The number of carbonyl (C=O) groups excluding carboxylic acids is 1. The van der Waals surface area contributed by atoms with E-state index in [1.807, 2.05) is 25.1 Å². The highest BCUT2D eigenvalue weighted by atomic mass is 16.1. The molecule has 4 heteroatoms. The molecule has 86 valence electrons. The summed E-state index contributed by atoms with van der Waals surface area (Å²) in [6.45, 7) is 1.95. The number of benzene rings is 1. The second-order valence-electron chi connectivity index (χ2n) is 3.84. The molecule has 0 saturated carbocycles. The molecular formula is C13H12N2O2. The van der Waals surface area contributed by atoms with Crippen LogP contribution in [0.3, 0.4) is 0 Å².